The second-order valence-corrected chi connectivity index (χ2v) is 10.0. The van der Waals surface area contributed by atoms with E-state index in [1.165, 1.54) is 34.1 Å². The van der Waals surface area contributed by atoms with Crippen molar-refractivity contribution in [3.05, 3.63) is 42.5 Å². The molecule has 89 valence electrons. The highest BCUT2D eigenvalue weighted by atomic mass is 28.3. The van der Waals surface area contributed by atoms with Crippen molar-refractivity contribution in [1.29, 1.82) is 0 Å². The van der Waals surface area contributed by atoms with E-state index in [0.717, 1.165) is 0 Å². The Labute approximate surface area is 106 Å². The average Bonchev–Trinajstić information content (AvgIpc) is 2.41. The SMILES string of the molecule is CC[Si](CC)(CC)c1[c]c2ccccc2cc1. The predicted octanol–water partition coefficient (Wildman–Crippen LogP) is 4.36. The first-order chi connectivity index (χ1) is 8.25. The molecule has 0 bridgehead atoms. The van der Waals surface area contributed by atoms with Crippen LogP contribution in [-0.4, -0.2) is 8.07 Å². The van der Waals surface area contributed by atoms with Crippen LogP contribution in [0.4, 0.5) is 0 Å². The van der Waals surface area contributed by atoms with E-state index in [1.807, 2.05) is 0 Å². The van der Waals surface area contributed by atoms with Crippen LogP contribution in [0.5, 0.6) is 0 Å². The molecule has 0 saturated carbocycles. The first-order valence-electron chi connectivity index (χ1n) is 6.67. The molecular weight excluding hydrogens is 220 g/mol. The van der Waals surface area contributed by atoms with Gasteiger partial charge in [-0.15, -0.1) is 0 Å². The van der Waals surface area contributed by atoms with E-state index < -0.39 is 8.07 Å². The molecule has 0 N–H and O–H groups in total. The van der Waals surface area contributed by atoms with Gasteiger partial charge in [0.2, 0.25) is 0 Å². The Morgan fingerprint density at radius 1 is 0.882 bits per heavy atom. The van der Waals surface area contributed by atoms with Crippen LogP contribution in [0, 0.1) is 6.07 Å². The summed E-state index contributed by atoms with van der Waals surface area (Å²) in [6, 6.07) is 20.8. The van der Waals surface area contributed by atoms with Gasteiger partial charge in [0.25, 0.3) is 0 Å². The summed E-state index contributed by atoms with van der Waals surface area (Å²) in [5, 5.41) is 4.10. The van der Waals surface area contributed by atoms with E-state index in [1.54, 1.807) is 0 Å². The van der Waals surface area contributed by atoms with Crippen molar-refractivity contribution >= 4 is 24.0 Å². The summed E-state index contributed by atoms with van der Waals surface area (Å²) < 4.78 is 0. The largest absolute Gasteiger partial charge is 0.0867 e. The standard InChI is InChI=1S/C16H21Si/c1-4-17(5-2,6-3)16-12-11-14-9-7-8-10-15(14)13-16/h7-12H,4-6H2,1-3H3. The van der Waals surface area contributed by atoms with Crippen molar-refractivity contribution in [3.63, 3.8) is 0 Å². The fourth-order valence-electron chi connectivity index (χ4n) is 2.75. The lowest BCUT2D eigenvalue weighted by Gasteiger charge is -2.28. The third kappa shape index (κ3) is 2.16. The molecule has 0 spiro atoms. The molecule has 17 heavy (non-hydrogen) atoms. The second kappa shape index (κ2) is 5.05. The molecule has 0 heterocycles. The normalized spacial score (nSPS) is 11.9. The molecule has 0 aromatic heterocycles. The summed E-state index contributed by atoms with van der Waals surface area (Å²) in [7, 11) is -1.27. The molecule has 0 saturated heterocycles. The van der Waals surface area contributed by atoms with Crippen molar-refractivity contribution in [1.82, 2.24) is 0 Å². The van der Waals surface area contributed by atoms with Crippen molar-refractivity contribution < 1.29 is 0 Å². The molecule has 1 heteroatoms. The van der Waals surface area contributed by atoms with Crippen LogP contribution in [0.15, 0.2) is 36.4 Å². The van der Waals surface area contributed by atoms with Gasteiger partial charge in [0.15, 0.2) is 0 Å². The van der Waals surface area contributed by atoms with E-state index in [9.17, 15) is 0 Å². The van der Waals surface area contributed by atoms with Crippen molar-refractivity contribution in [3.8, 4) is 0 Å². The maximum absolute atomic E-state index is 3.68. The van der Waals surface area contributed by atoms with Crippen molar-refractivity contribution in [2.45, 2.75) is 38.9 Å². The maximum Gasteiger partial charge on any atom is 0.0867 e. The van der Waals surface area contributed by atoms with Crippen molar-refractivity contribution in [2.75, 3.05) is 0 Å². The van der Waals surface area contributed by atoms with Crippen LogP contribution < -0.4 is 5.19 Å². The predicted molar refractivity (Wildman–Crippen MR) is 79.6 cm³/mol. The molecule has 0 unspecified atom stereocenters. The van der Waals surface area contributed by atoms with Crippen molar-refractivity contribution in [2.24, 2.45) is 0 Å². The zero-order valence-electron chi connectivity index (χ0n) is 11.1. The van der Waals surface area contributed by atoms with Crippen LogP contribution >= 0.6 is 0 Å². The fraction of sp³-hybridized carbons (Fsp3) is 0.375. The van der Waals surface area contributed by atoms with E-state index >= 15 is 0 Å². The summed E-state index contributed by atoms with van der Waals surface area (Å²) in [6.07, 6.45) is 0. The highest BCUT2D eigenvalue weighted by Crippen LogP contribution is 2.22. The van der Waals surface area contributed by atoms with E-state index in [4.69, 9.17) is 0 Å². The number of rotatable bonds is 4. The van der Waals surface area contributed by atoms with Crippen LogP contribution in [-0.2, 0) is 0 Å². The topological polar surface area (TPSA) is 0 Å². The molecule has 0 aliphatic rings. The average molecular weight is 241 g/mol. The van der Waals surface area contributed by atoms with Crippen LogP contribution in [0.3, 0.4) is 0 Å². The molecule has 0 aliphatic carbocycles. The Bertz CT molecular complexity index is 489. The Kier molecular flexibility index (Phi) is 3.68. The van der Waals surface area contributed by atoms with Crippen LogP contribution in [0.2, 0.25) is 18.1 Å². The van der Waals surface area contributed by atoms with Gasteiger partial charge in [-0.05, 0) is 16.8 Å². The first kappa shape index (κ1) is 12.4. The molecule has 0 atom stereocenters. The van der Waals surface area contributed by atoms with Crippen LogP contribution in [0.25, 0.3) is 10.8 Å². The zero-order chi connectivity index (χ0) is 12.3. The van der Waals surface area contributed by atoms with Gasteiger partial charge in [-0.1, -0.05) is 80.5 Å². The zero-order valence-corrected chi connectivity index (χ0v) is 12.1. The summed E-state index contributed by atoms with van der Waals surface area (Å²) in [5.41, 5.74) is 0. The summed E-state index contributed by atoms with van der Waals surface area (Å²) in [4.78, 5) is 0. The summed E-state index contributed by atoms with van der Waals surface area (Å²) in [6.45, 7) is 7.05. The monoisotopic (exact) mass is 241 g/mol. The molecular formula is C16H21Si. The van der Waals surface area contributed by atoms with Gasteiger partial charge in [0.05, 0.1) is 8.07 Å². The lowest BCUT2D eigenvalue weighted by molar-refractivity contribution is 1.19. The quantitative estimate of drug-likeness (QED) is 0.698. The Morgan fingerprint density at radius 2 is 1.53 bits per heavy atom. The van der Waals surface area contributed by atoms with Gasteiger partial charge in [-0.2, -0.15) is 0 Å². The van der Waals surface area contributed by atoms with E-state index in [-0.39, 0.29) is 0 Å². The summed E-state index contributed by atoms with van der Waals surface area (Å²) in [5.74, 6) is 0. The molecule has 0 aliphatic heterocycles. The Hall–Kier alpha value is -1.08. The minimum atomic E-state index is -1.27. The molecule has 2 rings (SSSR count). The maximum atomic E-state index is 3.68. The molecule has 2 aromatic carbocycles. The third-order valence-corrected chi connectivity index (χ3v) is 9.76. The van der Waals surface area contributed by atoms with Gasteiger partial charge in [0.1, 0.15) is 0 Å². The minimum Gasteiger partial charge on any atom is -0.0675 e. The first-order valence-corrected chi connectivity index (χ1v) is 9.29. The minimum absolute atomic E-state index is 1.27. The Balaban J connectivity index is 2.55. The second-order valence-electron chi connectivity index (χ2n) is 4.80. The number of fused-ring (bicyclic) bond motifs is 1. The number of hydrogen-bond acceptors (Lipinski definition) is 0. The molecule has 0 nitrogen and oxygen atoms in total. The molecule has 1 radical (unpaired) electrons. The third-order valence-electron chi connectivity index (χ3n) is 4.26. The fourth-order valence-corrected chi connectivity index (χ4v) is 6.23. The van der Waals surface area contributed by atoms with Gasteiger partial charge in [-0.3, -0.25) is 0 Å². The molecule has 2 aromatic rings. The van der Waals surface area contributed by atoms with Crippen LogP contribution in [0.1, 0.15) is 20.8 Å². The Morgan fingerprint density at radius 3 is 2.18 bits per heavy atom. The smallest absolute Gasteiger partial charge is 0.0675 e. The van der Waals surface area contributed by atoms with Gasteiger partial charge < -0.3 is 0 Å². The van der Waals surface area contributed by atoms with Gasteiger partial charge in [-0.25, -0.2) is 0 Å². The molecule has 0 amide bonds. The highest BCUT2D eigenvalue weighted by molar-refractivity contribution is 6.91. The summed E-state index contributed by atoms with van der Waals surface area (Å²) >= 11 is 0. The number of hydrogen-bond donors (Lipinski definition) is 0. The van der Waals surface area contributed by atoms with Gasteiger partial charge in [0, 0.05) is 0 Å². The lowest BCUT2D eigenvalue weighted by Crippen LogP contribution is -2.45. The van der Waals surface area contributed by atoms with E-state index in [2.05, 4.69) is 63.2 Å². The van der Waals surface area contributed by atoms with E-state index in [0.29, 0.717) is 0 Å². The number of benzene rings is 2. The molecule has 0 fully saturated rings. The van der Waals surface area contributed by atoms with Gasteiger partial charge >= 0.3 is 0 Å². The highest BCUT2D eigenvalue weighted by Gasteiger charge is 2.29. The lowest BCUT2D eigenvalue weighted by atomic mass is 10.1.